The molecule has 7 heteroatoms. The molecule has 0 saturated heterocycles. The number of nitrogens with one attached hydrogen (secondary N) is 1. The van der Waals surface area contributed by atoms with Crippen molar-refractivity contribution in [1.29, 1.82) is 0 Å². The largest absolute Gasteiger partial charge is 0.508 e. The molecule has 0 amide bonds. The van der Waals surface area contributed by atoms with Gasteiger partial charge in [-0.3, -0.25) is 4.98 Å². The zero-order valence-corrected chi connectivity index (χ0v) is 30.2. The van der Waals surface area contributed by atoms with Crippen LogP contribution in [0.15, 0.2) is 79.0 Å². The number of rotatable bonds is 10. The van der Waals surface area contributed by atoms with Crippen molar-refractivity contribution in [1.82, 2.24) is 4.98 Å². The van der Waals surface area contributed by atoms with Crippen LogP contribution in [-0.2, 0) is 23.1 Å². The lowest BCUT2D eigenvalue weighted by atomic mass is 9.59. The Morgan fingerprint density at radius 3 is 2.52 bits per heavy atom. The number of fused-ring (bicyclic) bond motifs is 3. The summed E-state index contributed by atoms with van der Waals surface area (Å²) in [7, 11) is 0. The zero-order valence-electron chi connectivity index (χ0n) is 29.4. The highest BCUT2D eigenvalue weighted by atomic mass is 35.5. The maximum atomic E-state index is 13.0. The molecule has 6 nitrogen and oxygen atoms in total. The van der Waals surface area contributed by atoms with Gasteiger partial charge in [-0.15, -0.1) is 0 Å². The number of carbonyl (C=O) groups is 1. The Morgan fingerprint density at radius 2 is 1.78 bits per heavy atom. The minimum absolute atomic E-state index is 0.131. The number of carboxylic acid groups (broad SMARTS) is 1. The van der Waals surface area contributed by atoms with Crippen molar-refractivity contribution in [2.75, 3.05) is 11.9 Å². The van der Waals surface area contributed by atoms with E-state index in [9.17, 15) is 15.0 Å². The highest BCUT2D eigenvalue weighted by molar-refractivity contribution is 6.30. The van der Waals surface area contributed by atoms with Gasteiger partial charge in [-0.2, -0.15) is 0 Å². The lowest BCUT2D eigenvalue weighted by molar-refractivity contribution is -0.144. The molecule has 4 aromatic rings. The van der Waals surface area contributed by atoms with Crippen LogP contribution in [0.3, 0.4) is 0 Å². The molecule has 1 aromatic heterocycles. The number of hydrogen-bond acceptors (Lipinski definition) is 5. The van der Waals surface area contributed by atoms with Crippen LogP contribution in [0, 0.1) is 11.8 Å². The first-order valence-corrected chi connectivity index (χ1v) is 18.7. The summed E-state index contributed by atoms with van der Waals surface area (Å²) < 4.78 is 6.59. The number of anilines is 1. The van der Waals surface area contributed by atoms with Crippen molar-refractivity contribution >= 4 is 23.3 Å². The first-order valence-electron chi connectivity index (χ1n) is 18.4. The molecule has 1 unspecified atom stereocenters. The highest BCUT2D eigenvalue weighted by Crippen LogP contribution is 2.56. The number of aromatic nitrogens is 1. The topological polar surface area (TPSA) is 91.7 Å². The average Bonchev–Trinajstić information content (AvgIpc) is 3.39. The predicted octanol–water partition coefficient (Wildman–Crippen LogP) is 10.1. The average molecular weight is 693 g/mol. The van der Waals surface area contributed by atoms with Gasteiger partial charge in [0, 0.05) is 34.1 Å². The molecule has 1 fully saturated rings. The number of aromatic hydroxyl groups is 1. The fourth-order valence-electron chi connectivity index (χ4n) is 9.34. The molecule has 3 N–H and O–H groups in total. The molecule has 3 aromatic carbocycles. The number of phenols is 1. The minimum Gasteiger partial charge on any atom is -0.508 e. The summed E-state index contributed by atoms with van der Waals surface area (Å²) in [6.45, 7) is 7.45. The Kier molecular flexibility index (Phi) is 9.60. The van der Waals surface area contributed by atoms with Crippen molar-refractivity contribution in [3.05, 3.63) is 118 Å². The van der Waals surface area contributed by atoms with Crippen LogP contribution < -0.4 is 10.1 Å². The summed E-state index contributed by atoms with van der Waals surface area (Å²) in [4.78, 5) is 17.7. The summed E-state index contributed by atoms with van der Waals surface area (Å²) >= 11 is 6.30. The standard InChI is InChI=1S/C43H49ClN2O4/c1-27(26-50-39-16-21-45-38-9-4-6-28(2)40(38)39)22-33-23-32-11-10-31(29(3)30-12-14-36(47)15-13-30)24-37(32)42(33)17-19-43(20-18-42,41(48)49)46-35-8-5-7-34(44)25-35/h5,7-8,10-16,21,24-25,27-29,33,46-47H,4,6,9,17-20,22-23,26H2,1-3H3,(H,48,49)/t27-,28-,29?,33+,42?,43?/m1/s1. The second-order valence-electron chi connectivity index (χ2n) is 15.4. The van der Waals surface area contributed by atoms with Gasteiger partial charge in [-0.25, -0.2) is 4.79 Å². The van der Waals surface area contributed by atoms with E-state index in [0.29, 0.717) is 42.2 Å². The van der Waals surface area contributed by atoms with E-state index in [0.717, 1.165) is 49.1 Å². The van der Waals surface area contributed by atoms with E-state index in [-0.39, 0.29) is 17.1 Å². The molecule has 0 bridgehead atoms. The van der Waals surface area contributed by atoms with E-state index in [2.05, 4.69) is 49.3 Å². The first kappa shape index (κ1) is 34.4. The molecule has 1 spiro atoms. The summed E-state index contributed by atoms with van der Waals surface area (Å²) in [6, 6.07) is 23.9. The molecular formula is C43H49ClN2O4. The van der Waals surface area contributed by atoms with Gasteiger partial charge in [0.25, 0.3) is 0 Å². The number of aryl methyl sites for hydroxylation is 1. The first-order chi connectivity index (χ1) is 24.1. The monoisotopic (exact) mass is 692 g/mol. The third kappa shape index (κ3) is 6.59. The molecule has 3 aliphatic rings. The number of phenolic OH excluding ortho intramolecular Hbond substituents is 1. The molecule has 4 atom stereocenters. The Morgan fingerprint density at radius 1 is 1.02 bits per heavy atom. The van der Waals surface area contributed by atoms with E-state index in [1.54, 1.807) is 12.1 Å². The van der Waals surface area contributed by atoms with Crippen LogP contribution in [0.1, 0.15) is 111 Å². The summed E-state index contributed by atoms with van der Waals surface area (Å²) in [6.07, 6.45) is 9.86. The summed E-state index contributed by atoms with van der Waals surface area (Å²) in [5, 5.41) is 24.6. The van der Waals surface area contributed by atoms with Crippen LogP contribution in [0.5, 0.6) is 11.5 Å². The Hall–Kier alpha value is -4.03. The number of halogens is 1. The van der Waals surface area contributed by atoms with Crippen LogP contribution in [0.4, 0.5) is 5.69 Å². The maximum Gasteiger partial charge on any atom is 0.329 e. The van der Waals surface area contributed by atoms with Crippen LogP contribution >= 0.6 is 11.6 Å². The van der Waals surface area contributed by atoms with E-state index >= 15 is 0 Å². The highest BCUT2D eigenvalue weighted by Gasteiger charge is 2.54. The van der Waals surface area contributed by atoms with Crippen molar-refractivity contribution < 1.29 is 19.7 Å². The van der Waals surface area contributed by atoms with Crippen LogP contribution in [-0.4, -0.2) is 33.3 Å². The maximum absolute atomic E-state index is 13.0. The van der Waals surface area contributed by atoms with Gasteiger partial charge in [-0.1, -0.05) is 68.8 Å². The second kappa shape index (κ2) is 13.9. The van der Waals surface area contributed by atoms with Gasteiger partial charge in [0.1, 0.15) is 17.0 Å². The van der Waals surface area contributed by atoms with Gasteiger partial charge in [0.15, 0.2) is 0 Å². The number of carboxylic acids is 1. The van der Waals surface area contributed by atoms with E-state index in [1.807, 2.05) is 48.7 Å². The Bertz CT molecular complexity index is 1850. The molecule has 7 rings (SSSR count). The second-order valence-corrected chi connectivity index (χ2v) is 15.9. The fourth-order valence-corrected chi connectivity index (χ4v) is 9.53. The number of nitrogens with zero attached hydrogens (tertiary/aromatic N) is 1. The van der Waals surface area contributed by atoms with Crippen molar-refractivity contribution in [2.45, 2.75) is 101 Å². The van der Waals surface area contributed by atoms with Gasteiger partial charge < -0.3 is 20.3 Å². The molecule has 3 aliphatic carbocycles. The van der Waals surface area contributed by atoms with Gasteiger partial charge in [-0.05, 0) is 140 Å². The molecule has 0 radical (unpaired) electrons. The number of aliphatic carboxylic acids is 1. The molecule has 50 heavy (non-hydrogen) atoms. The van der Waals surface area contributed by atoms with Crippen molar-refractivity contribution in [2.24, 2.45) is 11.8 Å². The van der Waals surface area contributed by atoms with Gasteiger partial charge in [0.05, 0.1) is 6.61 Å². The number of benzene rings is 3. The van der Waals surface area contributed by atoms with Crippen LogP contribution in [0.2, 0.25) is 5.02 Å². The predicted molar refractivity (Wildman–Crippen MR) is 200 cm³/mol. The molecule has 1 saturated carbocycles. The number of pyridine rings is 1. The van der Waals surface area contributed by atoms with Gasteiger partial charge >= 0.3 is 5.97 Å². The summed E-state index contributed by atoms with van der Waals surface area (Å²) in [5.41, 5.74) is 7.19. The molecular weight excluding hydrogens is 644 g/mol. The van der Waals surface area contributed by atoms with E-state index in [1.165, 1.54) is 40.8 Å². The third-order valence-corrected chi connectivity index (χ3v) is 12.4. The molecule has 0 aliphatic heterocycles. The lowest BCUT2D eigenvalue weighted by Crippen LogP contribution is -2.53. The Labute approximate surface area is 301 Å². The van der Waals surface area contributed by atoms with Crippen molar-refractivity contribution in [3.8, 4) is 11.5 Å². The molecule has 1 heterocycles. The minimum atomic E-state index is -1.06. The number of ether oxygens (including phenoxy) is 1. The zero-order chi connectivity index (χ0) is 35.0. The summed E-state index contributed by atoms with van der Waals surface area (Å²) in [5.74, 6) is 1.75. The third-order valence-electron chi connectivity index (χ3n) is 12.2. The smallest absolute Gasteiger partial charge is 0.329 e. The number of hydrogen-bond donors (Lipinski definition) is 3. The normalized spacial score (nSPS) is 25.4. The Balaban J connectivity index is 1.16. The fraction of sp³-hybridized carbons (Fsp3) is 0.442. The molecule has 262 valence electrons. The van der Waals surface area contributed by atoms with E-state index < -0.39 is 11.5 Å². The van der Waals surface area contributed by atoms with Gasteiger partial charge in [0.2, 0.25) is 0 Å². The van der Waals surface area contributed by atoms with Crippen LogP contribution in [0.25, 0.3) is 0 Å². The quantitative estimate of drug-likeness (QED) is 0.153. The SMILES string of the molecule is CC(c1ccc(O)cc1)c1ccc2c(c1)C1(CCC(Nc3cccc(Cl)c3)(C(=O)O)CC1)[C@@H](C[C@@H](C)COc1ccnc3c1[C@H](C)CCC3)C2. The van der Waals surface area contributed by atoms with E-state index in [4.69, 9.17) is 16.3 Å². The van der Waals surface area contributed by atoms with Crippen molar-refractivity contribution in [3.63, 3.8) is 0 Å². The lowest BCUT2D eigenvalue weighted by Gasteiger charge is -2.47.